The highest BCUT2D eigenvalue weighted by molar-refractivity contribution is 5.75. The van der Waals surface area contributed by atoms with E-state index in [1.54, 1.807) is 13.8 Å². The van der Waals surface area contributed by atoms with Crippen LogP contribution in [0.5, 0.6) is 0 Å². The smallest absolute Gasteiger partial charge is 0.323 e. The molecule has 1 aromatic rings. The fraction of sp³-hybridized carbons (Fsp3) is 0.500. The second-order valence-electron chi connectivity index (χ2n) is 4.80. The van der Waals surface area contributed by atoms with Crippen molar-refractivity contribution in [3.05, 3.63) is 35.4 Å². The van der Waals surface area contributed by atoms with Gasteiger partial charge in [-0.25, -0.2) is 8.78 Å². The van der Waals surface area contributed by atoms with Crippen LogP contribution in [0.25, 0.3) is 0 Å². The molecule has 0 amide bonds. The summed E-state index contributed by atoms with van der Waals surface area (Å²) >= 11 is 0. The standard InChI is InChI=1S/C14H19F2NO3/c1-8(2)13(14(19)20-3)17-7-11(18)12-9(15)5-4-6-10(12)16/h4-6,8,11,13,17-18H,7H2,1-3H3. The zero-order valence-corrected chi connectivity index (χ0v) is 11.7. The molecule has 20 heavy (non-hydrogen) atoms. The lowest BCUT2D eigenvalue weighted by Crippen LogP contribution is -2.43. The molecule has 0 spiro atoms. The van der Waals surface area contributed by atoms with Crippen LogP contribution in [0, 0.1) is 17.6 Å². The van der Waals surface area contributed by atoms with E-state index in [9.17, 15) is 18.7 Å². The quantitative estimate of drug-likeness (QED) is 0.783. The van der Waals surface area contributed by atoms with Gasteiger partial charge in [0.05, 0.1) is 18.8 Å². The Hall–Kier alpha value is -1.53. The minimum atomic E-state index is -1.39. The van der Waals surface area contributed by atoms with Gasteiger partial charge in [0, 0.05) is 6.54 Å². The first-order chi connectivity index (χ1) is 9.38. The molecule has 2 N–H and O–H groups in total. The lowest BCUT2D eigenvalue weighted by Gasteiger charge is -2.22. The fourth-order valence-electron chi connectivity index (χ4n) is 1.89. The number of aliphatic hydroxyl groups excluding tert-OH is 1. The normalized spacial score (nSPS) is 14.2. The van der Waals surface area contributed by atoms with E-state index in [0.29, 0.717) is 0 Å². The zero-order chi connectivity index (χ0) is 15.3. The Balaban J connectivity index is 2.75. The van der Waals surface area contributed by atoms with Crippen molar-refractivity contribution in [3.63, 3.8) is 0 Å². The van der Waals surface area contributed by atoms with Crippen molar-refractivity contribution in [1.82, 2.24) is 5.32 Å². The first-order valence-corrected chi connectivity index (χ1v) is 6.31. The Labute approximate surface area is 116 Å². The molecular formula is C14H19F2NO3. The van der Waals surface area contributed by atoms with Crippen LogP contribution in [0.4, 0.5) is 8.78 Å². The minimum Gasteiger partial charge on any atom is -0.468 e. The lowest BCUT2D eigenvalue weighted by molar-refractivity contribution is -0.144. The molecule has 6 heteroatoms. The molecule has 1 aromatic carbocycles. The molecule has 0 aromatic heterocycles. The number of rotatable bonds is 6. The Kier molecular flexibility index (Phi) is 6.04. The maximum absolute atomic E-state index is 13.5. The molecule has 112 valence electrons. The number of hydrogen-bond donors (Lipinski definition) is 2. The van der Waals surface area contributed by atoms with E-state index in [2.05, 4.69) is 10.1 Å². The topological polar surface area (TPSA) is 58.6 Å². The van der Waals surface area contributed by atoms with Crippen LogP contribution < -0.4 is 5.32 Å². The van der Waals surface area contributed by atoms with Crippen LogP contribution in [0.1, 0.15) is 25.5 Å². The SMILES string of the molecule is COC(=O)C(NCC(O)c1c(F)cccc1F)C(C)C. The van der Waals surface area contributed by atoms with E-state index in [-0.39, 0.29) is 12.5 Å². The van der Waals surface area contributed by atoms with E-state index in [0.717, 1.165) is 12.1 Å². The average Bonchev–Trinajstić information content (AvgIpc) is 2.37. The molecule has 0 saturated carbocycles. The second kappa shape index (κ2) is 7.31. The molecular weight excluding hydrogens is 268 g/mol. The third kappa shape index (κ3) is 3.98. The summed E-state index contributed by atoms with van der Waals surface area (Å²) in [5, 5.41) is 12.6. The van der Waals surface area contributed by atoms with Crippen LogP contribution in [0.15, 0.2) is 18.2 Å². The summed E-state index contributed by atoms with van der Waals surface area (Å²) < 4.78 is 31.6. The third-order valence-corrected chi connectivity index (χ3v) is 2.99. The second-order valence-corrected chi connectivity index (χ2v) is 4.80. The summed E-state index contributed by atoms with van der Waals surface area (Å²) in [5.74, 6) is -2.21. The van der Waals surface area contributed by atoms with Gasteiger partial charge >= 0.3 is 5.97 Å². The predicted molar refractivity (Wildman–Crippen MR) is 70.0 cm³/mol. The number of hydrogen-bond acceptors (Lipinski definition) is 4. The van der Waals surface area contributed by atoms with Gasteiger partial charge in [0.1, 0.15) is 17.7 Å². The largest absolute Gasteiger partial charge is 0.468 e. The number of carbonyl (C=O) groups excluding carboxylic acids is 1. The molecule has 0 aliphatic carbocycles. The molecule has 0 aliphatic rings. The highest BCUT2D eigenvalue weighted by atomic mass is 19.1. The molecule has 0 bridgehead atoms. The van der Waals surface area contributed by atoms with Crippen molar-refractivity contribution in [1.29, 1.82) is 0 Å². The molecule has 0 radical (unpaired) electrons. The number of esters is 1. The summed E-state index contributed by atoms with van der Waals surface area (Å²) in [4.78, 5) is 11.5. The van der Waals surface area contributed by atoms with Crippen molar-refractivity contribution < 1.29 is 23.4 Å². The zero-order valence-electron chi connectivity index (χ0n) is 11.7. The lowest BCUT2D eigenvalue weighted by atomic mass is 10.0. The molecule has 4 nitrogen and oxygen atoms in total. The van der Waals surface area contributed by atoms with Gasteiger partial charge in [-0.15, -0.1) is 0 Å². The van der Waals surface area contributed by atoms with Crippen molar-refractivity contribution in [2.75, 3.05) is 13.7 Å². The van der Waals surface area contributed by atoms with E-state index in [1.165, 1.54) is 13.2 Å². The van der Waals surface area contributed by atoms with Gasteiger partial charge in [-0.2, -0.15) is 0 Å². The molecule has 0 heterocycles. The molecule has 0 fully saturated rings. The Morgan fingerprint density at radius 1 is 1.35 bits per heavy atom. The van der Waals surface area contributed by atoms with Gasteiger partial charge in [0.25, 0.3) is 0 Å². The van der Waals surface area contributed by atoms with E-state index in [4.69, 9.17) is 0 Å². The Morgan fingerprint density at radius 2 is 1.90 bits per heavy atom. The van der Waals surface area contributed by atoms with Crippen LogP contribution in [-0.4, -0.2) is 30.8 Å². The van der Waals surface area contributed by atoms with Crippen molar-refractivity contribution >= 4 is 5.97 Å². The monoisotopic (exact) mass is 287 g/mol. The first kappa shape index (κ1) is 16.5. The number of aliphatic hydroxyl groups is 1. The number of methoxy groups -OCH3 is 1. The Bertz CT molecular complexity index is 445. The summed E-state index contributed by atoms with van der Waals surface area (Å²) in [6.45, 7) is 3.44. The maximum atomic E-state index is 13.5. The highest BCUT2D eigenvalue weighted by Gasteiger charge is 2.25. The average molecular weight is 287 g/mol. The number of nitrogens with one attached hydrogen (secondary N) is 1. The van der Waals surface area contributed by atoms with E-state index < -0.39 is 35.3 Å². The molecule has 2 unspecified atom stereocenters. The number of carbonyl (C=O) groups is 1. The summed E-state index contributed by atoms with van der Waals surface area (Å²) in [6, 6.07) is 2.72. The summed E-state index contributed by atoms with van der Waals surface area (Å²) in [7, 11) is 1.26. The van der Waals surface area contributed by atoms with Gasteiger partial charge in [-0.3, -0.25) is 4.79 Å². The van der Waals surface area contributed by atoms with Gasteiger partial charge < -0.3 is 15.2 Å². The summed E-state index contributed by atoms with van der Waals surface area (Å²) in [5.41, 5.74) is -0.410. The van der Waals surface area contributed by atoms with Gasteiger partial charge in [-0.05, 0) is 18.1 Å². The van der Waals surface area contributed by atoms with Crippen LogP contribution in [0.2, 0.25) is 0 Å². The molecule has 2 atom stereocenters. The molecule has 0 aliphatic heterocycles. The van der Waals surface area contributed by atoms with Crippen molar-refractivity contribution in [3.8, 4) is 0 Å². The first-order valence-electron chi connectivity index (χ1n) is 6.31. The van der Waals surface area contributed by atoms with Crippen LogP contribution in [-0.2, 0) is 9.53 Å². The Morgan fingerprint density at radius 3 is 2.35 bits per heavy atom. The van der Waals surface area contributed by atoms with Crippen LogP contribution >= 0.6 is 0 Å². The number of halogens is 2. The van der Waals surface area contributed by atoms with E-state index in [1.807, 2.05) is 0 Å². The fourth-order valence-corrected chi connectivity index (χ4v) is 1.89. The third-order valence-electron chi connectivity index (χ3n) is 2.99. The maximum Gasteiger partial charge on any atom is 0.323 e. The number of ether oxygens (including phenoxy) is 1. The predicted octanol–water partition coefficient (Wildman–Crippen LogP) is 1.79. The minimum absolute atomic E-state index is 0.0832. The van der Waals surface area contributed by atoms with Crippen molar-refractivity contribution in [2.24, 2.45) is 5.92 Å². The van der Waals surface area contributed by atoms with Crippen LogP contribution in [0.3, 0.4) is 0 Å². The highest BCUT2D eigenvalue weighted by Crippen LogP contribution is 2.20. The van der Waals surface area contributed by atoms with Crippen molar-refractivity contribution in [2.45, 2.75) is 26.0 Å². The van der Waals surface area contributed by atoms with Gasteiger partial charge in [0.2, 0.25) is 0 Å². The van der Waals surface area contributed by atoms with Gasteiger partial charge in [-0.1, -0.05) is 19.9 Å². The van der Waals surface area contributed by atoms with Gasteiger partial charge in [0.15, 0.2) is 0 Å². The number of benzene rings is 1. The summed E-state index contributed by atoms with van der Waals surface area (Å²) in [6.07, 6.45) is -1.39. The van der Waals surface area contributed by atoms with E-state index >= 15 is 0 Å². The molecule has 1 rings (SSSR count). The molecule has 0 saturated heterocycles.